The van der Waals surface area contributed by atoms with Gasteiger partial charge in [-0.1, -0.05) is 13.3 Å². The van der Waals surface area contributed by atoms with Crippen LogP contribution in [0.5, 0.6) is 0 Å². The average molecular weight is 261 g/mol. The van der Waals surface area contributed by atoms with Crippen molar-refractivity contribution in [3.63, 3.8) is 0 Å². The molecule has 0 unspecified atom stereocenters. The number of fused-ring (bicyclic) bond motifs is 1. The molecule has 7 heteroatoms. The highest BCUT2D eigenvalue weighted by Gasteiger charge is 2.15. The Labute approximate surface area is 109 Å². The molecule has 0 saturated heterocycles. The molecule has 2 aromatic rings. The Morgan fingerprint density at radius 2 is 2.11 bits per heavy atom. The smallest absolute Gasteiger partial charge is 0.333 e. The maximum absolute atomic E-state index is 12.2. The molecule has 2 heterocycles. The molecule has 7 nitrogen and oxygen atoms in total. The number of imidazole rings is 1. The molecule has 0 saturated carbocycles. The van der Waals surface area contributed by atoms with Crippen molar-refractivity contribution in [2.24, 2.45) is 0 Å². The van der Waals surface area contributed by atoms with Crippen LogP contribution in [0.15, 0.2) is 9.59 Å². The van der Waals surface area contributed by atoms with Gasteiger partial charge in [0.2, 0.25) is 0 Å². The van der Waals surface area contributed by atoms with Crippen LogP contribution >= 0.6 is 0 Å². The predicted molar refractivity (Wildman–Crippen MR) is 69.9 cm³/mol. The van der Waals surface area contributed by atoms with E-state index in [4.69, 9.17) is 5.26 Å². The van der Waals surface area contributed by atoms with Crippen molar-refractivity contribution < 1.29 is 0 Å². The second kappa shape index (κ2) is 5.10. The minimum atomic E-state index is -0.491. The SMILES string of the molecule is CCCCn1c(=O)n(CC#N)c(=O)c2[nH]c(C)nc21. The molecule has 0 fully saturated rings. The molecule has 0 aliphatic carbocycles. The number of nitrogens with zero attached hydrogens (tertiary/aromatic N) is 4. The normalized spacial score (nSPS) is 10.8. The predicted octanol–water partition coefficient (Wildman–Crippen LogP) is 0.518. The maximum atomic E-state index is 12.2. The number of nitrogens with one attached hydrogen (secondary N) is 1. The van der Waals surface area contributed by atoms with Crippen molar-refractivity contribution in [3.8, 4) is 6.07 Å². The van der Waals surface area contributed by atoms with Crippen LogP contribution in [0, 0.1) is 18.3 Å². The lowest BCUT2D eigenvalue weighted by Crippen LogP contribution is -2.40. The number of H-pyrrole nitrogens is 1. The van der Waals surface area contributed by atoms with Gasteiger partial charge in [-0.2, -0.15) is 5.26 Å². The van der Waals surface area contributed by atoms with Crippen molar-refractivity contribution in [3.05, 3.63) is 26.7 Å². The number of aromatic amines is 1. The Bertz CT molecular complexity index is 759. The van der Waals surface area contributed by atoms with Gasteiger partial charge in [-0.15, -0.1) is 0 Å². The van der Waals surface area contributed by atoms with Crippen molar-refractivity contribution in [2.75, 3.05) is 0 Å². The van der Waals surface area contributed by atoms with Crippen LogP contribution in [-0.4, -0.2) is 19.1 Å². The molecule has 19 heavy (non-hydrogen) atoms. The van der Waals surface area contributed by atoms with Crippen LogP contribution in [0.3, 0.4) is 0 Å². The average Bonchev–Trinajstić information content (AvgIpc) is 2.76. The van der Waals surface area contributed by atoms with E-state index in [1.165, 1.54) is 4.57 Å². The third-order valence-electron chi connectivity index (χ3n) is 2.94. The molecule has 100 valence electrons. The van der Waals surface area contributed by atoms with Gasteiger partial charge in [-0.25, -0.2) is 14.3 Å². The molecular formula is C12H15N5O2. The number of nitriles is 1. The van der Waals surface area contributed by atoms with Crippen LogP contribution < -0.4 is 11.2 Å². The van der Waals surface area contributed by atoms with Crippen LogP contribution in [0.25, 0.3) is 11.2 Å². The van der Waals surface area contributed by atoms with E-state index >= 15 is 0 Å². The highest BCUT2D eigenvalue weighted by atomic mass is 16.2. The van der Waals surface area contributed by atoms with E-state index < -0.39 is 11.2 Å². The molecule has 0 aliphatic rings. The molecule has 0 amide bonds. The van der Waals surface area contributed by atoms with E-state index in [1.54, 1.807) is 6.92 Å². The highest BCUT2D eigenvalue weighted by Crippen LogP contribution is 2.06. The lowest BCUT2D eigenvalue weighted by Gasteiger charge is -2.08. The number of hydrogen-bond acceptors (Lipinski definition) is 4. The van der Waals surface area contributed by atoms with E-state index in [0.29, 0.717) is 18.0 Å². The van der Waals surface area contributed by atoms with Crippen molar-refractivity contribution in [2.45, 2.75) is 39.8 Å². The molecule has 0 aliphatic heterocycles. The van der Waals surface area contributed by atoms with Gasteiger partial charge >= 0.3 is 5.69 Å². The summed E-state index contributed by atoms with van der Waals surface area (Å²) in [5, 5.41) is 8.73. The standard InChI is InChI=1S/C12H15N5O2/c1-3-4-6-16-10-9(14-8(2)15-10)11(18)17(7-5-13)12(16)19/h3-4,6-7H2,1-2H3,(H,14,15). The largest absolute Gasteiger partial charge is 0.336 e. The number of hydrogen-bond donors (Lipinski definition) is 1. The van der Waals surface area contributed by atoms with Gasteiger partial charge in [0.25, 0.3) is 5.56 Å². The molecule has 0 bridgehead atoms. The summed E-state index contributed by atoms with van der Waals surface area (Å²) in [6.45, 7) is 3.98. The number of unbranched alkanes of at least 4 members (excludes halogenated alkanes) is 1. The summed E-state index contributed by atoms with van der Waals surface area (Å²) in [7, 11) is 0. The molecule has 0 atom stereocenters. The minimum Gasteiger partial charge on any atom is -0.336 e. The number of aryl methyl sites for hydroxylation is 2. The molecule has 0 aromatic carbocycles. The first kappa shape index (κ1) is 13.1. The summed E-state index contributed by atoms with van der Waals surface area (Å²) in [6, 6.07) is 1.84. The third kappa shape index (κ3) is 2.17. The van der Waals surface area contributed by atoms with E-state index in [9.17, 15) is 9.59 Å². The fourth-order valence-corrected chi connectivity index (χ4v) is 2.01. The van der Waals surface area contributed by atoms with Gasteiger partial charge in [0.15, 0.2) is 5.65 Å². The molecule has 2 aromatic heterocycles. The lowest BCUT2D eigenvalue weighted by atomic mass is 10.3. The van der Waals surface area contributed by atoms with Gasteiger partial charge in [0.05, 0.1) is 6.07 Å². The second-order valence-corrected chi connectivity index (χ2v) is 4.36. The topological polar surface area (TPSA) is 96.5 Å². The Kier molecular flexibility index (Phi) is 3.51. The van der Waals surface area contributed by atoms with Gasteiger partial charge < -0.3 is 4.98 Å². The Hall–Kier alpha value is -2.36. The van der Waals surface area contributed by atoms with Crippen molar-refractivity contribution in [1.29, 1.82) is 5.26 Å². The fourth-order valence-electron chi connectivity index (χ4n) is 2.01. The fraction of sp³-hybridized carbons (Fsp3) is 0.500. The highest BCUT2D eigenvalue weighted by molar-refractivity contribution is 5.69. The summed E-state index contributed by atoms with van der Waals surface area (Å²) in [6.07, 6.45) is 1.74. The zero-order chi connectivity index (χ0) is 14.0. The minimum absolute atomic E-state index is 0.252. The van der Waals surface area contributed by atoms with Gasteiger partial charge in [0, 0.05) is 6.54 Å². The van der Waals surface area contributed by atoms with Crippen LogP contribution in [0.1, 0.15) is 25.6 Å². The third-order valence-corrected chi connectivity index (χ3v) is 2.94. The van der Waals surface area contributed by atoms with Crippen LogP contribution in [0.4, 0.5) is 0 Å². The summed E-state index contributed by atoms with van der Waals surface area (Å²) in [5.74, 6) is 0.575. The summed E-state index contributed by atoms with van der Waals surface area (Å²) < 4.78 is 2.40. The Morgan fingerprint density at radius 1 is 1.37 bits per heavy atom. The zero-order valence-electron chi connectivity index (χ0n) is 10.9. The molecule has 0 radical (unpaired) electrons. The number of aromatic nitrogens is 4. The van der Waals surface area contributed by atoms with Gasteiger partial charge in [-0.3, -0.25) is 9.36 Å². The molecule has 1 N–H and O–H groups in total. The summed E-state index contributed by atoms with van der Waals surface area (Å²) in [5.41, 5.74) is -0.313. The first-order chi connectivity index (χ1) is 9.10. The summed E-state index contributed by atoms with van der Waals surface area (Å²) in [4.78, 5) is 31.4. The Balaban J connectivity index is 2.80. The van der Waals surface area contributed by atoms with E-state index in [2.05, 4.69) is 9.97 Å². The monoisotopic (exact) mass is 261 g/mol. The molecule has 2 rings (SSSR count). The molecule has 0 spiro atoms. The lowest BCUT2D eigenvalue weighted by molar-refractivity contribution is 0.574. The quantitative estimate of drug-likeness (QED) is 0.867. The van der Waals surface area contributed by atoms with Crippen LogP contribution in [0.2, 0.25) is 0 Å². The van der Waals surface area contributed by atoms with Gasteiger partial charge in [0.1, 0.15) is 17.9 Å². The van der Waals surface area contributed by atoms with Crippen molar-refractivity contribution >= 4 is 11.2 Å². The number of rotatable bonds is 4. The second-order valence-electron chi connectivity index (χ2n) is 4.36. The van der Waals surface area contributed by atoms with E-state index in [0.717, 1.165) is 17.4 Å². The van der Waals surface area contributed by atoms with Gasteiger partial charge in [-0.05, 0) is 13.3 Å². The Morgan fingerprint density at radius 3 is 2.74 bits per heavy atom. The first-order valence-electron chi connectivity index (χ1n) is 6.17. The van der Waals surface area contributed by atoms with E-state index in [-0.39, 0.29) is 12.1 Å². The van der Waals surface area contributed by atoms with Crippen LogP contribution in [-0.2, 0) is 13.1 Å². The first-order valence-corrected chi connectivity index (χ1v) is 6.17. The maximum Gasteiger partial charge on any atom is 0.333 e. The van der Waals surface area contributed by atoms with E-state index in [1.807, 2.05) is 13.0 Å². The zero-order valence-corrected chi connectivity index (χ0v) is 10.9. The van der Waals surface area contributed by atoms with Crippen molar-refractivity contribution in [1.82, 2.24) is 19.1 Å². The summed E-state index contributed by atoms with van der Waals surface area (Å²) >= 11 is 0. The molecular weight excluding hydrogens is 246 g/mol.